The van der Waals surface area contributed by atoms with Crippen molar-refractivity contribution in [3.63, 3.8) is 0 Å². The van der Waals surface area contributed by atoms with Gasteiger partial charge in [-0.05, 0) is 38.3 Å². The molecule has 112 valence electrons. The lowest BCUT2D eigenvalue weighted by molar-refractivity contribution is 0.0934. The molecule has 1 aromatic rings. The van der Waals surface area contributed by atoms with E-state index in [4.69, 9.17) is 4.74 Å². The van der Waals surface area contributed by atoms with E-state index in [-0.39, 0.29) is 11.9 Å². The van der Waals surface area contributed by atoms with Crippen LogP contribution in [0, 0.1) is 5.92 Å². The zero-order chi connectivity index (χ0) is 15.0. The summed E-state index contributed by atoms with van der Waals surface area (Å²) in [4.78, 5) is 12.3. The van der Waals surface area contributed by atoms with Crippen molar-refractivity contribution in [1.29, 1.82) is 0 Å². The molecule has 0 aliphatic rings. The molecule has 1 aromatic carbocycles. The number of nitrogens with one attached hydrogen (secondary N) is 1. The Balaban J connectivity index is 2.53. The molecule has 1 N–H and O–H groups in total. The molecule has 3 heteroatoms. The number of rotatable bonds is 8. The van der Waals surface area contributed by atoms with Gasteiger partial charge in [-0.2, -0.15) is 0 Å². The Kier molecular flexibility index (Phi) is 7.13. The Morgan fingerprint density at radius 2 is 1.90 bits per heavy atom. The van der Waals surface area contributed by atoms with Crippen LogP contribution in [-0.2, 0) is 0 Å². The standard InChI is InChI=1S/C17H27NO2/c1-5-20-16-12-7-6-11-15(16)17(19)18-14(4)10-8-9-13(2)3/h6-7,11-14H,5,8-10H2,1-4H3,(H,18,19)/t14-/m0/s1. The Morgan fingerprint density at radius 1 is 1.20 bits per heavy atom. The van der Waals surface area contributed by atoms with E-state index in [0.29, 0.717) is 17.9 Å². The maximum Gasteiger partial charge on any atom is 0.255 e. The van der Waals surface area contributed by atoms with E-state index in [2.05, 4.69) is 26.1 Å². The van der Waals surface area contributed by atoms with Crippen molar-refractivity contribution < 1.29 is 9.53 Å². The third-order valence-electron chi connectivity index (χ3n) is 3.23. The summed E-state index contributed by atoms with van der Waals surface area (Å²) in [6.45, 7) is 8.99. The molecular formula is C17H27NO2. The number of hydrogen-bond donors (Lipinski definition) is 1. The lowest BCUT2D eigenvalue weighted by atomic mass is 10.0. The SMILES string of the molecule is CCOc1ccccc1C(=O)N[C@@H](C)CCCC(C)C. The van der Waals surface area contributed by atoms with Gasteiger partial charge in [-0.15, -0.1) is 0 Å². The highest BCUT2D eigenvalue weighted by Crippen LogP contribution is 2.18. The molecular weight excluding hydrogens is 250 g/mol. The maximum atomic E-state index is 12.3. The first-order valence-electron chi connectivity index (χ1n) is 7.57. The van der Waals surface area contributed by atoms with Gasteiger partial charge in [0.05, 0.1) is 12.2 Å². The minimum atomic E-state index is -0.0499. The Hall–Kier alpha value is -1.51. The average Bonchev–Trinajstić information content (AvgIpc) is 2.39. The van der Waals surface area contributed by atoms with Crippen molar-refractivity contribution in [3.05, 3.63) is 29.8 Å². The van der Waals surface area contributed by atoms with Gasteiger partial charge in [0.1, 0.15) is 5.75 Å². The van der Waals surface area contributed by atoms with Crippen LogP contribution in [0.15, 0.2) is 24.3 Å². The zero-order valence-corrected chi connectivity index (χ0v) is 13.1. The topological polar surface area (TPSA) is 38.3 Å². The Labute approximate surface area is 122 Å². The number of para-hydroxylation sites is 1. The van der Waals surface area contributed by atoms with Gasteiger partial charge >= 0.3 is 0 Å². The van der Waals surface area contributed by atoms with Crippen LogP contribution in [0.3, 0.4) is 0 Å². The third kappa shape index (κ3) is 5.64. The summed E-state index contributed by atoms with van der Waals surface area (Å²) in [7, 11) is 0. The highest BCUT2D eigenvalue weighted by molar-refractivity contribution is 5.97. The molecule has 1 amide bonds. The molecule has 0 fully saturated rings. The van der Waals surface area contributed by atoms with Crippen LogP contribution >= 0.6 is 0 Å². The second-order valence-corrected chi connectivity index (χ2v) is 5.63. The molecule has 0 saturated heterocycles. The fourth-order valence-corrected chi connectivity index (χ4v) is 2.14. The molecule has 1 atom stereocenters. The Morgan fingerprint density at radius 3 is 2.55 bits per heavy atom. The average molecular weight is 277 g/mol. The summed E-state index contributed by atoms with van der Waals surface area (Å²) in [5, 5.41) is 3.05. The van der Waals surface area contributed by atoms with E-state index < -0.39 is 0 Å². The van der Waals surface area contributed by atoms with E-state index in [1.165, 1.54) is 6.42 Å². The van der Waals surface area contributed by atoms with Crippen LogP contribution in [0.1, 0.15) is 57.3 Å². The number of benzene rings is 1. The van der Waals surface area contributed by atoms with Crippen molar-refractivity contribution in [2.24, 2.45) is 5.92 Å². The quantitative estimate of drug-likeness (QED) is 0.779. The van der Waals surface area contributed by atoms with Gasteiger partial charge in [-0.25, -0.2) is 0 Å². The number of ether oxygens (including phenoxy) is 1. The van der Waals surface area contributed by atoms with Crippen molar-refractivity contribution in [1.82, 2.24) is 5.32 Å². The van der Waals surface area contributed by atoms with E-state index in [1.54, 1.807) is 6.07 Å². The summed E-state index contributed by atoms with van der Waals surface area (Å²) < 4.78 is 5.49. The number of amides is 1. The third-order valence-corrected chi connectivity index (χ3v) is 3.23. The van der Waals surface area contributed by atoms with Crippen LogP contribution < -0.4 is 10.1 Å². The zero-order valence-electron chi connectivity index (χ0n) is 13.1. The fourth-order valence-electron chi connectivity index (χ4n) is 2.14. The van der Waals surface area contributed by atoms with E-state index in [0.717, 1.165) is 18.8 Å². The van der Waals surface area contributed by atoms with Crippen LogP contribution in [0.5, 0.6) is 5.75 Å². The largest absolute Gasteiger partial charge is 0.493 e. The highest BCUT2D eigenvalue weighted by atomic mass is 16.5. The van der Waals surface area contributed by atoms with Gasteiger partial charge in [0.25, 0.3) is 5.91 Å². The summed E-state index contributed by atoms with van der Waals surface area (Å²) in [5.41, 5.74) is 0.616. The molecule has 0 aliphatic carbocycles. The lowest BCUT2D eigenvalue weighted by Gasteiger charge is -2.16. The fraction of sp³-hybridized carbons (Fsp3) is 0.588. The van der Waals surface area contributed by atoms with Crippen molar-refractivity contribution in [2.45, 2.75) is 53.0 Å². The van der Waals surface area contributed by atoms with Crippen LogP contribution in [-0.4, -0.2) is 18.6 Å². The minimum Gasteiger partial charge on any atom is -0.493 e. The molecule has 0 spiro atoms. The summed E-state index contributed by atoms with van der Waals surface area (Å²) in [5.74, 6) is 1.32. The van der Waals surface area contributed by atoms with Crippen LogP contribution in [0.2, 0.25) is 0 Å². The molecule has 0 bridgehead atoms. The van der Waals surface area contributed by atoms with Gasteiger partial charge < -0.3 is 10.1 Å². The van der Waals surface area contributed by atoms with Crippen LogP contribution in [0.4, 0.5) is 0 Å². The number of carbonyl (C=O) groups is 1. The van der Waals surface area contributed by atoms with E-state index in [9.17, 15) is 4.79 Å². The summed E-state index contributed by atoms with van der Waals surface area (Å²) in [6.07, 6.45) is 3.36. The predicted octanol–water partition coefficient (Wildman–Crippen LogP) is 4.03. The molecule has 0 unspecified atom stereocenters. The van der Waals surface area contributed by atoms with E-state index >= 15 is 0 Å². The van der Waals surface area contributed by atoms with Crippen molar-refractivity contribution >= 4 is 5.91 Å². The number of hydrogen-bond acceptors (Lipinski definition) is 2. The Bertz CT molecular complexity index is 415. The molecule has 1 rings (SSSR count). The molecule has 0 saturated carbocycles. The predicted molar refractivity (Wildman–Crippen MR) is 83.2 cm³/mol. The summed E-state index contributed by atoms with van der Waals surface area (Å²) in [6, 6.07) is 7.58. The first-order valence-corrected chi connectivity index (χ1v) is 7.57. The lowest BCUT2D eigenvalue weighted by Crippen LogP contribution is -2.32. The van der Waals surface area contributed by atoms with Gasteiger partial charge in [0.2, 0.25) is 0 Å². The highest BCUT2D eigenvalue weighted by Gasteiger charge is 2.14. The first-order chi connectivity index (χ1) is 9.54. The number of carbonyl (C=O) groups excluding carboxylic acids is 1. The van der Waals surface area contributed by atoms with Gasteiger partial charge in [0, 0.05) is 6.04 Å². The van der Waals surface area contributed by atoms with Gasteiger partial charge in [-0.3, -0.25) is 4.79 Å². The van der Waals surface area contributed by atoms with Crippen LogP contribution in [0.25, 0.3) is 0 Å². The van der Waals surface area contributed by atoms with Gasteiger partial charge in [0.15, 0.2) is 0 Å². The van der Waals surface area contributed by atoms with Crippen molar-refractivity contribution in [3.8, 4) is 5.75 Å². The maximum absolute atomic E-state index is 12.3. The minimum absolute atomic E-state index is 0.0499. The normalized spacial score (nSPS) is 12.2. The molecule has 0 aromatic heterocycles. The smallest absolute Gasteiger partial charge is 0.255 e. The van der Waals surface area contributed by atoms with E-state index in [1.807, 2.05) is 25.1 Å². The second-order valence-electron chi connectivity index (χ2n) is 5.63. The van der Waals surface area contributed by atoms with Gasteiger partial charge in [-0.1, -0.05) is 38.8 Å². The molecule has 0 aliphatic heterocycles. The second kappa shape index (κ2) is 8.62. The molecule has 20 heavy (non-hydrogen) atoms. The monoisotopic (exact) mass is 277 g/mol. The summed E-state index contributed by atoms with van der Waals surface area (Å²) >= 11 is 0. The first kappa shape index (κ1) is 16.5. The molecule has 0 radical (unpaired) electrons. The molecule has 0 heterocycles. The molecule has 3 nitrogen and oxygen atoms in total. The van der Waals surface area contributed by atoms with Crippen molar-refractivity contribution in [2.75, 3.05) is 6.61 Å².